The Balaban J connectivity index is 2.54. The Labute approximate surface area is 115 Å². The van der Waals surface area contributed by atoms with Gasteiger partial charge in [0.1, 0.15) is 0 Å². The van der Waals surface area contributed by atoms with E-state index in [1.165, 1.54) is 0 Å². The minimum Gasteiger partial charge on any atom is -0.385 e. The van der Waals surface area contributed by atoms with Gasteiger partial charge in [-0.2, -0.15) is 0 Å². The molecule has 2 N–H and O–H groups in total. The molecule has 0 saturated carbocycles. The molecule has 0 unspecified atom stereocenters. The molecule has 1 rings (SSSR count). The third-order valence-corrected chi connectivity index (χ3v) is 2.79. The van der Waals surface area contributed by atoms with Gasteiger partial charge in [0, 0.05) is 30.9 Å². The van der Waals surface area contributed by atoms with E-state index in [-0.39, 0.29) is 5.91 Å². The summed E-state index contributed by atoms with van der Waals surface area (Å²) < 4.78 is 5.18. The number of nitrogens with one attached hydrogen (secondary N) is 2. The van der Waals surface area contributed by atoms with Crippen LogP contribution >= 0.6 is 0 Å². The smallest absolute Gasteiger partial charge is 0.251 e. The molecule has 0 aliphatic rings. The molecule has 0 heterocycles. The van der Waals surface area contributed by atoms with E-state index in [9.17, 15) is 4.79 Å². The molecular formula is C15H24N2O2. The van der Waals surface area contributed by atoms with Crippen molar-refractivity contribution in [3.63, 3.8) is 0 Å². The lowest BCUT2D eigenvalue weighted by atomic mass is 10.1. The summed E-state index contributed by atoms with van der Waals surface area (Å²) in [7, 11) is 0. The Bertz CT molecular complexity index is 405. The summed E-state index contributed by atoms with van der Waals surface area (Å²) in [6.45, 7) is 8.79. The fourth-order valence-corrected chi connectivity index (χ4v) is 1.75. The van der Waals surface area contributed by atoms with Crippen LogP contribution in [-0.2, 0) is 4.74 Å². The summed E-state index contributed by atoms with van der Waals surface area (Å²) in [6.07, 6.45) is 1.08. The summed E-state index contributed by atoms with van der Waals surface area (Å²) in [5.74, 6) is -0.0511. The van der Waals surface area contributed by atoms with Crippen LogP contribution in [0.15, 0.2) is 18.2 Å². The molecule has 0 aliphatic carbocycles. The van der Waals surface area contributed by atoms with Gasteiger partial charge in [0.2, 0.25) is 0 Å². The maximum Gasteiger partial charge on any atom is 0.251 e. The number of hydrogen-bond donors (Lipinski definition) is 2. The number of benzene rings is 1. The van der Waals surface area contributed by atoms with Gasteiger partial charge in [-0.05, 0) is 44.0 Å². The molecule has 0 aromatic heterocycles. The first-order chi connectivity index (χ1) is 9.19. The van der Waals surface area contributed by atoms with Crippen molar-refractivity contribution >= 4 is 11.6 Å². The van der Waals surface area contributed by atoms with Crippen molar-refractivity contribution in [1.82, 2.24) is 5.32 Å². The molecular weight excluding hydrogens is 240 g/mol. The van der Waals surface area contributed by atoms with Crippen LogP contribution in [0, 0.1) is 6.92 Å². The lowest BCUT2D eigenvalue weighted by Crippen LogP contribution is -2.27. The van der Waals surface area contributed by atoms with Gasteiger partial charge in [0.25, 0.3) is 5.91 Å². The highest BCUT2D eigenvalue weighted by atomic mass is 16.5. The highest BCUT2D eigenvalue weighted by Gasteiger charge is 2.06. The molecule has 1 amide bonds. The van der Waals surface area contributed by atoms with Crippen LogP contribution in [0.1, 0.15) is 36.2 Å². The lowest BCUT2D eigenvalue weighted by molar-refractivity contribution is 0.0922. The molecule has 0 bridgehead atoms. The topological polar surface area (TPSA) is 50.4 Å². The van der Waals surface area contributed by atoms with Gasteiger partial charge in [-0.15, -0.1) is 0 Å². The average molecular weight is 264 g/mol. The molecule has 0 spiro atoms. The van der Waals surface area contributed by atoms with E-state index in [2.05, 4.69) is 17.6 Å². The van der Waals surface area contributed by atoms with E-state index in [0.29, 0.717) is 25.3 Å². The summed E-state index contributed by atoms with van der Waals surface area (Å²) in [6, 6.07) is 5.72. The van der Waals surface area contributed by atoms with E-state index in [0.717, 1.165) is 24.2 Å². The van der Waals surface area contributed by atoms with E-state index >= 15 is 0 Å². The van der Waals surface area contributed by atoms with E-state index in [1.54, 1.807) is 0 Å². The molecule has 106 valence electrons. The fourth-order valence-electron chi connectivity index (χ4n) is 1.75. The molecule has 0 saturated heterocycles. The highest BCUT2D eigenvalue weighted by molar-refractivity contribution is 5.94. The average Bonchev–Trinajstić information content (AvgIpc) is 2.42. The number of anilines is 1. The number of carbonyl (C=O) groups excluding carboxylic acids is 1. The Morgan fingerprint density at radius 1 is 1.26 bits per heavy atom. The van der Waals surface area contributed by atoms with Crippen molar-refractivity contribution in [2.45, 2.75) is 27.2 Å². The predicted molar refractivity (Wildman–Crippen MR) is 78.8 cm³/mol. The summed E-state index contributed by atoms with van der Waals surface area (Å²) in [4.78, 5) is 11.9. The number of rotatable bonds is 8. The molecule has 0 radical (unpaired) electrons. The second kappa shape index (κ2) is 8.53. The first kappa shape index (κ1) is 15.5. The SMILES string of the molecule is CCCNc1ccc(C(=O)NCCOCC)cc1C. The van der Waals surface area contributed by atoms with Crippen LogP contribution < -0.4 is 10.6 Å². The minimum absolute atomic E-state index is 0.0511. The van der Waals surface area contributed by atoms with Gasteiger partial charge in [-0.25, -0.2) is 0 Å². The van der Waals surface area contributed by atoms with Crippen molar-refractivity contribution in [3.8, 4) is 0 Å². The first-order valence-electron chi connectivity index (χ1n) is 6.89. The van der Waals surface area contributed by atoms with Gasteiger partial charge in [0.05, 0.1) is 6.61 Å². The van der Waals surface area contributed by atoms with Gasteiger partial charge >= 0.3 is 0 Å². The Kier molecular flexibility index (Phi) is 6.97. The van der Waals surface area contributed by atoms with Crippen LogP contribution in [-0.4, -0.2) is 32.2 Å². The van der Waals surface area contributed by atoms with Crippen LogP contribution in [0.3, 0.4) is 0 Å². The summed E-state index contributed by atoms with van der Waals surface area (Å²) in [5.41, 5.74) is 2.87. The third-order valence-electron chi connectivity index (χ3n) is 2.79. The van der Waals surface area contributed by atoms with Crippen molar-refractivity contribution in [3.05, 3.63) is 29.3 Å². The van der Waals surface area contributed by atoms with Crippen molar-refractivity contribution in [2.75, 3.05) is 31.6 Å². The molecule has 19 heavy (non-hydrogen) atoms. The number of carbonyl (C=O) groups is 1. The normalized spacial score (nSPS) is 10.3. The zero-order valence-electron chi connectivity index (χ0n) is 12.1. The van der Waals surface area contributed by atoms with Crippen LogP contribution in [0.2, 0.25) is 0 Å². The molecule has 0 aliphatic heterocycles. The van der Waals surface area contributed by atoms with E-state index in [1.807, 2.05) is 32.0 Å². The number of ether oxygens (including phenoxy) is 1. The first-order valence-corrected chi connectivity index (χ1v) is 6.89. The van der Waals surface area contributed by atoms with Crippen LogP contribution in [0.25, 0.3) is 0 Å². The zero-order valence-corrected chi connectivity index (χ0v) is 12.1. The zero-order chi connectivity index (χ0) is 14.1. The van der Waals surface area contributed by atoms with Gasteiger partial charge in [-0.1, -0.05) is 6.92 Å². The molecule has 0 fully saturated rings. The third kappa shape index (κ3) is 5.30. The maximum atomic E-state index is 11.9. The molecule has 4 nitrogen and oxygen atoms in total. The summed E-state index contributed by atoms with van der Waals surface area (Å²) >= 11 is 0. The van der Waals surface area contributed by atoms with Gasteiger partial charge in [0.15, 0.2) is 0 Å². The second-order valence-electron chi connectivity index (χ2n) is 4.41. The second-order valence-corrected chi connectivity index (χ2v) is 4.41. The van der Waals surface area contributed by atoms with Crippen molar-refractivity contribution < 1.29 is 9.53 Å². The van der Waals surface area contributed by atoms with Crippen molar-refractivity contribution in [1.29, 1.82) is 0 Å². The largest absolute Gasteiger partial charge is 0.385 e. The van der Waals surface area contributed by atoms with Crippen LogP contribution in [0.4, 0.5) is 5.69 Å². The van der Waals surface area contributed by atoms with E-state index in [4.69, 9.17) is 4.74 Å². The van der Waals surface area contributed by atoms with Gasteiger partial charge < -0.3 is 15.4 Å². The monoisotopic (exact) mass is 264 g/mol. The molecule has 0 atom stereocenters. The van der Waals surface area contributed by atoms with E-state index < -0.39 is 0 Å². The van der Waals surface area contributed by atoms with Crippen LogP contribution in [0.5, 0.6) is 0 Å². The fraction of sp³-hybridized carbons (Fsp3) is 0.533. The summed E-state index contributed by atoms with van der Waals surface area (Å²) in [5, 5.41) is 6.18. The minimum atomic E-state index is -0.0511. The predicted octanol–water partition coefficient (Wildman–Crippen LogP) is 2.58. The Hall–Kier alpha value is -1.55. The Morgan fingerprint density at radius 2 is 2.05 bits per heavy atom. The standard InChI is InChI=1S/C15H24N2O2/c1-4-8-16-14-7-6-13(11-12(14)3)15(18)17-9-10-19-5-2/h6-7,11,16H,4-5,8-10H2,1-3H3,(H,17,18). The highest BCUT2D eigenvalue weighted by Crippen LogP contribution is 2.16. The molecule has 1 aromatic carbocycles. The van der Waals surface area contributed by atoms with Crippen molar-refractivity contribution in [2.24, 2.45) is 0 Å². The molecule has 4 heteroatoms. The Morgan fingerprint density at radius 3 is 2.68 bits per heavy atom. The number of amides is 1. The maximum absolute atomic E-state index is 11.9. The number of aryl methyl sites for hydroxylation is 1. The number of hydrogen-bond acceptors (Lipinski definition) is 3. The molecule has 1 aromatic rings. The lowest BCUT2D eigenvalue weighted by Gasteiger charge is -2.10. The van der Waals surface area contributed by atoms with Gasteiger partial charge in [-0.3, -0.25) is 4.79 Å². The quantitative estimate of drug-likeness (QED) is 0.710.